The van der Waals surface area contributed by atoms with E-state index in [1.54, 1.807) is 35.3 Å². The van der Waals surface area contributed by atoms with Crippen molar-refractivity contribution in [1.29, 1.82) is 0 Å². The predicted octanol–water partition coefficient (Wildman–Crippen LogP) is 2.93. The van der Waals surface area contributed by atoms with Crippen molar-refractivity contribution in [2.45, 2.75) is 12.8 Å². The average Bonchev–Trinajstić information content (AvgIpc) is 3.67. The zero-order valence-corrected chi connectivity index (χ0v) is 20.4. The molecule has 0 saturated carbocycles. The fraction of sp³-hybridized carbons (Fsp3) is 0.192. The van der Waals surface area contributed by atoms with Crippen LogP contribution in [-0.4, -0.2) is 66.3 Å². The van der Waals surface area contributed by atoms with Crippen LogP contribution in [0.15, 0.2) is 73.1 Å². The van der Waals surface area contributed by atoms with Crippen LogP contribution >= 0.6 is 0 Å². The van der Waals surface area contributed by atoms with Crippen molar-refractivity contribution >= 4 is 17.5 Å². The van der Waals surface area contributed by atoms with Crippen molar-refractivity contribution in [3.8, 4) is 17.3 Å². The second-order valence-corrected chi connectivity index (χ2v) is 8.42. The van der Waals surface area contributed by atoms with Gasteiger partial charge in [0.25, 0.3) is 11.8 Å². The number of para-hydroxylation sites is 1. The van der Waals surface area contributed by atoms with Crippen LogP contribution in [0.5, 0.6) is 11.6 Å². The largest absolute Gasteiger partial charge is 0.490 e. The molecule has 1 amide bonds. The number of aromatic nitrogens is 6. The molecular formula is C26H25N7O5. The van der Waals surface area contributed by atoms with Crippen molar-refractivity contribution in [2.75, 3.05) is 19.8 Å². The Morgan fingerprint density at radius 2 is 1.76 bits per heavy atom. The van der Waals surface area contributed by atoms with E-state index in [9.17, 15) is 14.7 Å². The van der Waals surface area contributed by atoms with Gasteiger partial charge in [0.15, 0.2) is 5.69 Å². The van der Waals surface area contributed by atoms with Crippen molar-refractivity contribution in [3.63, 3.8) is 0 Å². The molecule has 2 aromatic carbocycles. The van der Waals surface area contributed by atoms with Gasteiger partial charge in [-0.05, 0) is 30.3 Å². The Hall–Kier alpha value is -5.13. The summed E-state index contributed by atoms with van der Waals surface area (Å²) in [5.41, 5.74) is 1.10. The van der Waals surface area contributed by atoms with Gasteiger partial charge in [-0.3, -0.25) is 9.89 Å². The lowest BCUT2D eigenvalue weighted by molar-refractivity contribution is 0.0691. The van der Waals surface area contributed by atoms with E-state index in [4.69, 9.17) is 9.47 Å². The number of nitrogens with zero attached hydrogens (tertiary/aromatic N) is 5. The maximum absolute atomic E-state index is 12.6. The standard InChI is InChI=1S/C26H25N7O5/c1-17(16-27-24(34)19-10-5-6-11-20(19)26(35)36)22-29-23-21(32-13-7-12-28-32)25(31-33(23)30-22)38-15-14-37-18-8-3-2-4-9-18/h2-13,17H,14-16H2,1H3,(H,27,34)(H,29,30)(H,35,36). The second-order valence-electron chi connectivity index (χ2n) is 8.42. The first-order valence-corrected chi connectivity index (χ1v) is 11.9. The number of benzene rings is 2. The van der Waals surface area contributed by atoms with Crippen LogP contribution in [0.1, 0.15) is 39.4 Å². The molecule has 38 heavy (non-hydrogen) atoms. The van der Waals surface area contributed by atoms with Crippen molar-refractivity contribution in [2.24, 2.45) is 0 Å². The molecule has 5 rings (SSSR count). The number of amides is 1. The predicted molar refractivity (Wildman–Crippen MR) is 136 cm³/mol. The lowest BCUT2D eigenvalue weighted by Crippen LogP contribution is -2.29. The Labute approximate surface area is 216 Å². The fourth-order valence-corrected chi connectivity index (χ4v) is 3.85. The number of rotatable bonds is 11. The summed E-state index contributed by atoms with van der Waals surface area (Å²) < 4.78 is 14.7. The van der Waals surface area contributed by atoms with Gasteiger partial charge in [0, 0.05) is 24.9 Å². The molecule has 1 unspecified atom stereocenters. The van der Waals surface area contributed by atoms with E-state index >= 15 is 0 Å². The highest BCUT2D eigenvalue weighted by molar-refractivity contribution is 6.04. The Morgan fingerprint density at radius 1 is 1.03 bits per heavy atom. The summed E-state index contributed by atoms with van der Waals surface area (Å²) in [6, 6.07) is 17.3. The molecule has 0 saturated heterocycles. The van der Waals surface area contributed by atoms with Crippen LogP contribution in [-0.2, 0) is 0 Å². The molecule has 1 atom stereocenters. The Balaban J connectivity index is 1.29. The number of carboxylic acid groups (broad SMARTS) is 1. The lowest BCUT2D eigenvalue weighted by Gasteiger charge is -2.11. The first-order valence-electron chi connectivity index (χ1n) is 11.9. The van der Waals surface area contributed by atoms with Gasteiger partial charge in [0.05, 0.1) is 11.1 Å². The molecule has 194 valence electrons. The summed E-state index contributed by atoms with van der Waals surface area (Å²) in [5, 5.41) is 24.1. The van der Waals surface area contributed by atoms with Crippen molar-refractivity contribution < 1.29 is 24.2 Å². The molecule has 0 aliphatic heterocycles. The third-order valence-corrected chi connectivity index (χ3v) is 5.76. The average molecular weight is 516 g/mol. The molecule has 0 bridgehead atoms. The number of hydrogen-bond donors (Lipinski definition) is 3. The molecular weight excluding hydrogens is 490 g/mol. The van der Waals surface area contributed by atoms with Crippen LogP contribution in [0.3, 0.4) is 0 Å². The van der Waals surface area contributed by atoms with E-state index in [1.807, 2.05) is 37.3 Å². The minimum Gasteiger partial charge on any atom is -0.490 e. The number of carboxylic acids is 1. The van der Waals surface area contributed by atoms with Gasteiger partial charge >= 0.3 is 5.97 Å². The summed E-state index contributed by atoms with van der Waals surface area (Å²) in [4.78, 5) is 28.8. The van der Waals surface area contributed by atoms with E-state index in [0.29, 0.717) is 29.6 Å². The quantitative estimate of drug-likeness (QED) is 0.227. The van der Waals surface area contributed by atoms with Gasteiger partial charge in [0.1, 0.15) is 24.8 Å². The molecule has 0 aliphatic rings. The fourth-order valence-electron chi connectivity index (χ4n) is 3.85. The molecule has 3 heterocycles. The molecule has 0 aliphatic carbocycles. The molecule has 3 aromatic heterocycles. The van der Waals surface area contributed by atoms with Crippen molar-refractivity contribution in [1.82, 2.24) is 34.9 Å². The van der Waals surface area contributed by atoms with Gasteiger partial charge in [-0.15, -0.1) is 9.73 Å². The number of nitrogens with one attached hydrogen (secondary N) is 2. The lowest BCUT2D eigenvalue weighted by atomic mass is 10.1. The van der Waals surface area contributed by atoms with Gasteiger partial charge in [-0.25, -0.2) is 14.5 Å². The first-order chi connectivity index (χ1) is 18.5. The highest BCUT2D eigenvalue weighted by atomic mass is 16.5. The van der Waals surface area contributed by atoms with Crippen LogP contribution in [0.25, 0.3) is 11.3 Å². The maximum atomic E-state index is 12.6. The normalized spacial score (nSPS) is 11.8. The molecule has 0 radical (unpaired) electrons. The Kier molecular flexibility index (Phi) is 7.02. The topological polar surface area (TPSA) is 149 Å². The smallest absolute Gasteiger partial charge is 0.336 e. The van der Waals surface area contributed by atoms with Gasteiger partial charge in [-0.1, -0.05) is 37.3 Å². The molecule has 0 fully saturated rings. The number of H-pyrrole nitrogens is 1. The minimum absolute atomic E-state index is 0.0558. The summed E-state index contributed by atoms with van der Waals surface area (Å²) in [7, 11) is 0. The van der Waals surface area contributed by atoms with Gasteiger partial charge in [0.2, 0.25) is 5.65 Å². The molecule has 5 aromatic rings. The number of fused-ring (bicyclic) bond motifs is 1. The highest BCUT2D eigenvalue weighted by Gasteiger charge is 2.23. The molecule has 12 heteroatoms. The van der Waals surface area contributed by atoms with Crippen LogP contribution in [0.4, 0.5) is 0 Å². The molecule has 0 spiro atoms. The zero-order chi connectivity index (χ0) is 26.5. The van der Waals surface area contributed by atoms with Crippen LogP contribution < -0.4 is 14.8 Å². The Bertz CT molecular complexity index is 1540. The minimum atomic E-state index is -1.16. The first kappa shape index (κ1) is 24.6. The molecule has 12 nitrogen and oxygen atoms in total. The van der Waals surface area contributed by atoms with E-state index in [1.165, 1.54) is 16.8 Å². The highest BCUT2D eigenvalue weighted by Crippen LogP contribution is 2.26. The Morgan fingerprint density at radius 3 is 2.50 bits per heavy atom. The van der Waals surface area contributed by atoms with Gasteiger partial charge < -0.3 is 19.9 Å². The van der Waals surface area contributed by atoms with Crippen LogP contribution in [0, 0.1) is 0 Å². The summed E-state index contributed by atoms with van der Waals surface area (Å²) in [6.45, 7) is 2.69. The zero-order valence-electron chi connectivity index (χ0n) is 20.4. The number of ether oxygens (including phenoxy) is 2. The van der Waals surface area contributed by atoms with Gasteiger partial charge in [-0.2, -0.15) is 5.10 Å². The third kappa shape index (κ3) is 5.19. The monoisotopic (exact) mass is 515 g/mol. The number of carbonyl (C=O) groups excluding carboxylic acids is 1. The van der Waals surface area contributed by atoms with Crippen molar-refractivity contribution in [3.05, 3.63) is 90.0 Å². The third-order valence-electron chi connectivity index (χ3n) is 5.76. The summed E-state index contributed by atoms with van der Waals surface area (Å²) in [5.74, 6) is -0.205. The number of carbonyl (C=O) groups is 2. The van der Waals surface area contributed by atoms with Crippen LogP contribution in [0.2, 0.25) is 0 Å². The summed E-state index contributed by atoms with van der Waals surface area (Å²) in [6.07, 6.45) is 3.41. The number of hydrogen-bond acceptors (Lipinski definition) is 7. The second kappa shape index (κ2) is 10.9. The number of aromatic carboxylic acids is 1. The van der Waals surface area contributed by atoms with E-state index in [-0.39, 0.29) is 30.2 Å². The summed E-state index contributed by atoms with van der Waals surface area (Å²) >= 11 is 0. The molecule has 3 N–H and O–H groups in total. The number of aromatic amines is 1. The SMILES string of the molecule is CC(CNC(=O)c1ccccc1C(=O)O)c1nc2c(-n3cccn3)c(OCCOc3ccccc3)nn2[nH]1. The van der Waals surface area contributed by atoms with E-state index in [0.717, 1.165) is 5.75 Å². The maximum Gasteiger partial charge on any atom is 0.336 e. The van der Waals surface area contributed by atoms with E-state index < -0.39 is 11.9 Å². The van der Waals surface area contributed by atoms with E-state index in [2.05, 4.69) is 25.6 Å².